The van der Waals surface area contributed by atoms with Crippen LogP contribution in [-0.2, 0) is 4.79 Å². The van der Waals surface area contributed by atoms with Gasteiger partial charge >= 0.3 is 0 Å². The fraction of sp³-hybridized carbons (Fsp3) is 0.235. The largest absolute Gasteiger partial charge is 0.325 e. The van der Waals surface area contributed by atoms with Crippen molar-refractivity contribution in [3.8, 4) is 0 Å². The first-order valence-electron chi connectivity index (χ1n) is 7.57. The Morgan fingerprint density at radius 3 is 2.84 bits per heavy atom. The molecule has 2 N–H and O–H groups in total. The van der Waals surface area contributed by atoms with Crippen molar-refractivity contribution in [2.45, 2.75) is 31.2 Å². The quantitative estimate of drug-likeness (QED) is 0.509. The van der Waals surface area contributed by atoms with Gasteiger partial charge in [0.05, 0.1) is 10.6 Å². The molecule has 0 saturated heterocycles. The number of rotatable bonds is 4. The molecule has 0 radical (unpaired) electrons. The van der Waals surface area contributed by atoms with Gasteiger partial charge in [-0.05, 0) is 44.5 Å². The number of anilines is 1. The van der Waals surface area contributed by atoms with Crippen molar-refractivity contribution in [2.24, 2.45) is 0 Å². The zero-order chi connectivity index (χ0) is 18.1. The van der Waals surface area contributed by atoms with E-state index in [9.17, 15) is 9.59 Å². The SMILES string of the molecule is Cc1cc2c(=O)[nH]c(SC(C)C(=O)Nc3ccc(C)c(Cl)c3)nc2s1. The van der Waals surface area contributed by atoms with Crippen LogP contribution in [-0.4, -0.2) is 21.1 Å². The average Bonchev–Trinajstić information content (AvgIpc) is 2.92. The number of aryl methyl sites for hydroxylation is 2. The fourth-order valence-electron chi connectivity index (χ4n) is 2.22. The molecule has 1 amide bonds. The molecule has 0 aliphatic rings. The summed E-state index contributed by atoms with van der Waals surface area (Å²) < 4.78 is 0. The highest BCUT2D eigenvalue weighted by Crippen LogP contribution is 2.26. The summed E-state index contributed by atoms with van der Waals surface area (Å²) in [5, 5.41) is 4.01. The van der Waals surface area contributed by atoms with Crippen LogP contribution >= 0.6 is 34.7 Å². The third kappa shape index (κ3) is 4.05. The maximum absolute atomic E-state index is 12.4. The lowest BCUT2D eigenvalue weighted by atomic mass is 10.2. The van der Waals surface area contributed by atoms with E-state index < -0.39 is 5.25 Å². The number of H-pyrrole nitrogens is 1. The van der Waals surface area contributed by atoms with E-state index in [2.05, 4.69) is 15.3 Å². The topological polar surface area (TPSA) is 74.8 Å². The Labute approximate surface area is 157 Å². The van der Waals surface area contributed by atoms with Crippen molar-refractivity contribution in [3.05, 3.63) is 50.1 Å². The van der Waals surface area contributed by atoms with Crippen molar-refractivity contribution in [2.75, 3.05) is 5.32 Å². The Hall–Kier alpha value is -1.83. The normalized spacial score (nSPS) is 12.3. The number of nitrogens with zero attached hydrogens (tertiary/aromatic N) is 1. The summed E-state index contributed by atoms with van der Waals surface area (Å²) in [6.45, 7) is 5.60. The maximum Gasteiger partial charge on any atom is 0.260 e. The summed E-state index contributed by atoms with van der Waals surface area (Å²) in [6, 6.07) is 7.18. The number of amides is 1. The minimum absolute atomic E-state index is 0.185. The van der Waals surface area contributed by atoms with Crippen LogP contribution < -0.4 is 10.9 Å². The molecule has 8 heteroatoms. The molecule has 1 unspecified atom stereocenters. The number of carbonyl (C=O) groups is 1. The monoisotopic (exact) mass is 393 g/mol. The van der Waals surface area contributed by atoms with Gasteiger partial charge in [0.25, 0.3) is 5.56 Å². The van der Waals surface area contributed by atoms with Crippen LogP contribution in [0.25, 0.3) is 10.2 Å². The summed E-state index contributed by atoms with van der Waals surface area (Å²) in [5.74, 6) is -0.185. The molecular weight excluding hydrogens is 378 g/mol. The van der Waals surface area contributed by atoms with Crippen LogP contribution in [0.5, 0.6) is 0 Å². The number of halogens is 1. The number of aromatic nitrogens is 2. The number of hydrogen-bond donors (Lipinski definition) is 2. The van der Waals surface area contributed by atoms with Crippen LogP contribution in [0.3, 0.4) is 0 Å². The van der Waals surface area contributed by atoms with Gasteiger partial charge < -0.3 is 10.3 Å². The van der Waals surface area contributed by atoms with Crippen molar-refractivity contribution in [3.63, 3.8) is 0 Å². The molecule has 2 aromatic heterocycles. The molecule has 1 atom stereocenters. The summed E-state index contributed by atoms with van der Waals surface area (Å²) in [6.07, 6.45) is 0. The van der Waals surface area contributed by atoms with Crippen LogP contribution in [0.1, 0.15) is 17.4 Å². The van der Waals surface area contributed by atoms with E-state index in [4.69, 9.17) is 11.6 Å². The Kier molecular flexibility index (Phi) is 5.17. The second kappa shape index (κ2) is 7.19. The molecule has 0 aliphatic carbocycles. The fourth-order valence-corrected chi connectivity index (χ4v) is 4.14. The first-order chi connectivity index (χ1) is 11.8. The number of fused-ring (bicyclic) bond motifs is 1. The summed E-state index contributed by atoms with van der Waals surface area (Å²) in [5.41, 5.74) is 1.40. The van der Waals surface area contributed by atoms with Crippen LogP contribution in [0.15, 0.2) is 34.2 Å². The molecule has 130 valence electrons. The molecule has 2 heterocycles. The standard InChI is InChI=1S/C17H16ClN3O2S2/c1-8-4-5-11(7-13(8)18)19-14(22)10(3)25-17-20-15(23)12-6-9(2)24-16(12)21-17/h4-7,10H,1-3H3,(H,19,22)(H,20,21,23). The summed E-state index contributed by atoms with van der Waals surface area (Å²) >= 11 is 8.75. The number of benzene rings is 1. The number of carbonyl (C=O) groups excluding carboxylic acids is 1. The van der Waals surface area contributed by atoms with Gasteiger partial charge in [-0.3, -0.25) is 9.59 Å². The number of hydrogen-bond acceptors (Lipinski definition) is 5. The van der Waals surface area contributed by atoms with Gasteiger partial charge in [0.2, 0.25) is 5.91 Å². The molecule has 3 rings (SSSR count). The van der Waals surface area contributed by atoms with Gasteiger partial charge in [-0.1, -0.05) is 29.4 Å². The molecule has 0 saturated carbocycles. The van der Waals surface area contributed by atoms with E-state index in [0.29, 0.717) is 26.1 Å². The van der Waals surface area contributed by atoms with Crippen LogP contribution in [0.2, 0.25) is 5.02 Å². The lowest BCUT2D eigenvalue weighted by Crippen LogP contribution is -2.23. The second-order valence-electron chi connectivity index (χ2n) is 5.66. The van der Waals surface area contributed by atoms with Crippen LogP contribution in [0.4, 0.5) is 5.69 Å². The number of aromatic amines is 1. The van der Waals surface area contributed by atoms with E-state index in [1.165, 1.54) is 23.1 Å². The Bertz CT molecular complexity index is 1010. The van der Waals surface area contributed by atoms with Crippen molar-refractivity contribution in [1.82, 2.24) is 9.97 Å². The van der Waals surface area contributed by atoms with Crippen molar-refractivity contribution < 1.29 is 4.79 Å². The first-order valence-corrected chi connectivity index (χ1v) is 9.65. The minimum Gasteiger partial charge on any atom is -0.325 e. The predicted octanol–water partition coefficient (Wildman–Crippen LogP) is 4.37. The molecule has 3 aromatic rings. The maximum atomic E-state index is 12.4. The average molecular weight is 394 g/mol. The molecule has 0 bridgehead atoms. The van der Waals surface area contributed by atoms with Gasteiger partial charge in [0.15, 0.2) is 5.16 Å². The summed E-state index contributed by atoms with van der Waals surface area (Å²) in [7, 11) is 0. The smallest absolute Gasteiger partial charge is 0.260 e. The van der Waals surface area contributed by atoms with Gasteiger partial charge in [0.1, 0.15) is 4.83 Å². The number of thiophene rings is 1. The zero-order valence-corrected chi connectivity index (χ0v) is 16.2. The molecule has 0 aliphatic heterocycles. The number of thioether (sulfide) groups is 1. The molecule has 0 fully saturated rings. The highest BCUT2D eigenvalue weighted by Gasteiger charge is 2.17. The highest BCUT2D eigenvalue weighted by atomic mass is 35.5. The second-order valence-corrected chi connectivity index (χ2v) is 8.63. The lowest BCUT2D eigenvalue weighted by Gasteiger charge is -2.12. The van der Waals surface area contributed by atoms with E-state index in [1.54, 1.807) is 19.1 Å². The van der Waals surface area contributed by atoms with Gasteiger partial charge in [-0.25, -0.2) is 4.98 Å². The van der Waals surface area contributed by atoms with E-state index in [0.717, 1.165) is 10.4 Å². The minimum atomic E-state index is -0.429. The highest BCUT2D eigenvalue weighted by molar-refractivity contribution is 8.00. The third-order valence-corrected chi connectivity index (χ3v) is 5.94. The van der Waals surface area contributed by atoms with Crippen LogP contribution in [0, 0.1) is 13.8 Å². The molecule has 0 spiro atoms. The predicted molar refractivity (Wildman–Crippen MR) is 105 cm³/mol. The molecular formula is C17H16ClN3O2S2. The first kappa shape index (κ1) is 18.0. The van der Waals surface area contributed by atoms with E-state index >= 15 is 0 Å². The van der Waals surface area contributed by atoms with Crippen molar-refractivity contribution in [1.29, 1.82) is 0 Å². The zero-order valence-electron chi connectivity index (χ0n) is 13.8. The Balaban J connectivity index is 1.74. The molecule has 25 heavy (non-hydrogen) atoms. The molecule has 1 aromatic carbocycles. The van der Waals surface area contributed by atoms with Gasteiger partial charge in [0, 0.05) is 15.6 Å². The van der Waals surface area contributed by atoms with Gasteiger partial charge in [-0.2, -0.15) is 0 Å². The lowest BCUT2D eigenvalue weighted by molar-refractivity contribution is -0.115. The van der Waals surface area contributed by atoms with E-state index in [-0.39, 0.29) is 11.5 Å². The van der Waals surface area contributed by atoms with E-state index in [1.807, 2.05) is 26.0 Å². The van der Waals surface area contributed by atoms with Gasteiger partial charge in [-0.15, -0.1) is 11.3 Å². The summed E-state index contributed by atoms with van der Waals surface area (Å²) in [4.78, 5) is 33.4. The third-order valence-electron chi connectivity index (χ3n) is 3.60. The number of nitrogens with one attached hydrogen (secondary N) is 2. The Morgan fingerprint density at radius 1 is 1.36 bits per heavy atom. The Morgan fingerprint density at radius 2 is 2.12 bits per heavy atom. The molecule has 5 nitrogen and oxygen atoms in total. The van der Waals surface area contributed by atoms with Crippen molar-refractivity contribution >= 4 is 56.5 Å².